The van der Waals surface area contributed by atoms with Crippen molar-refractivity contribution in [2.75, 3.05) is 5.75 Å². The van der Waals surface area contributed by atoms with Crippen LogP contribution in [0.4, 0.5) is 8.78 Å². The molecule has 5 heteroatoms. The smallest absolute Gasteiger partial charge is 0.178 e. The molecule has 0 N–H and O–H groups in total. The van der Waals surface area contributed by atoms with Gasteiger partial charge in [0.05, 0.1) is 10.6 Å². The number of hydrogen-bond donors (Lipinski definition) is 0. The van der Waals surface area contributed by atoms with E-state index < -0.39 is 21.5 Å². The molecule has 0 amide bonds. The average Bonchev–Trinajstić information content (AvgIpc) is 2.19. The maximum Gasteiger partial charge on any atom is 0.178 e. The van der Waals surface area contributed by atoms with E-state index in [4.69, 9.17) is 0 Å². The molecule has 0 unspecified atom stereocenters. The Hall–Kier alpha value is -0.970. The van der Waals surface area contributed by atoms with E-state index in [0.29, 0.717) is 6.07 Å². The van der Waals surface area contributed by atoms with E-state index in [0.717, 1.165) is 12.1 Å². The van der Waals surface area contributed by atoms with Gasteiger partial charge in [-0.3, -0.25) is 0 Å². The van der Waals surface area contributed by atoms with Crippen LogP contribution in [-0.2, 0) is 9.84 Å². The SMILES string of the molecule is CC.CCS(=O)(=O)c1cc(F)cc(F)c1. The molecule has 0 aromatic heterocycles. The van der Waals surface area contributed by atoms with Crippen LogP contribution in [-0.4, -0.2) is 14.2 Å². The van der Waals surface area contributed by atoms with E-state index in [2.05, 4.69) is 0 Å². The summed E-state index contributed by atoms with van der Waals surface area (Å²) in [5.41, 5.74) is 0. The summed E-state index contributed by atoms with van der Waals surface area (Å²) in [6.45, 7) is 5.41. The quantitative estimate of drug-likeness (QED) is 0.791. The van der Waals surface area contributed by atoms with Gasteiger partial charge in [0.25, 0.3) is 0 Å². The Morgan fingerprint density at radius 2 is 1.47 bits per heavy atom. The molecule has 0 aliphatic carbocycles. The molecule has 15 heavy (non-hydrogen) atoms. The normalized spacial score (nSPS) is 10.5. The second-order valence-corrected chi connectivity index (χ2v) is 4.79. The van der Waals surface area contributed by atoms with Crippen LogP contribution in [0.2, 0.25) is 0 Å². The Balaban J connectivity index is 0.000000921. The Morgan fingerprint density at radius 1 is 1.07 bits per heavy atom. The van der Waals surface area contributed by atoms with Gasteiger partial charge in [-0.25, -0.2) is 17.2 Å². The predicted octanol–water partition coefficient (Wildman–Crippen LogP) is 2.78. The van der Waals surface area contributed by atoms with Crippen molar-refractivity contribution < 1.29 is 17.2 Å². The van der Waals surface area contributed by atoms with Crippen LogP contribution in [0, 0.1) is 11.6 Å². The molecule has 0 saturated heterocycles. The molecule has 0 spiro atoms. The number of benzene rings is 1. The van der Waals surface area contributed by atoms with E-state index in [1.165, 1.54) is 6.92 Å². The lowest BCUT2D eigenvalue weighted by Gasteiger charge is -2.00. The molecule has 2 nitrogen and oxygen atoms in total. The Morgan fingerprint density at radius 3 is 1.80 bits per heavy atom. The third-order valence-corrected chi connectivity index (χ3v) is 3.29. The fourth-order valence-electron chi connectivity index (χ4n) is 0.875. The maximum atomic E-state index is 12.6. The third-order valence-electron chi connectivity index (χ3n) is 1.58. The second-order valence-electron chi connectivity index (χ2n) is 2.51. The molecule has 86 valence electrons. The monoisotopic (exact) mass is 236 g/mol. The Labute approximate surface area is 88.9 Å². The lowest BCUT2D eigenvalue weighted by molar-refractivity contribution is 0.567. The van der Waals surface area contributed by atoms with E-state index >= 15 is 0 Å². The molecule has 0 atom stereocenters. The molecule has 0 bridgehead atoms. The van der Waals surface area contributed by atoms with Gasteiger partial charge in [-0.1, -0.05) is 20.8 Å². The number of halogens is 2. The first-order chi connectivity index (χ1) is 6.95. The minimum Gasteiger partial charge on any atom is -0.224 e. The molecule has 0 radical (unpaired) electrons. The lowest BCUT2D eigenvalue weighted by atomic mass is 10.3. The fraction of sp³-hybridized carbons (Fsp3) is 0.400. The second kappa shape index (κ2) is 5.80. The average molecular weight is 236 g/mol. The zero-order valence-corrected chi connectivity index (χ0v) is 9.74. The van der Waals surface area contributed by atoms with Crippen molar-refractivity contribution in [3.63, 3.8) is 0 Å². The summed E-state index contributed by atoms with van der Waals surface area (Å²) in [4.78, 5) is -0.312. The molecule has 0 aliphatic rings. The van der Waals surface area contributed by atoms with E-state index in [9.17, 15) is 17.2 Å². The molecule has 0 fully saturated rings. The summed E-state index contributed by atoms with van der Waals surface area (Å²) in [5, 5.41) is 0. The summed E-state index contributed by atoms with van der Waals surface area (Å²) in [6, 6.07) is 2.25. The maximum absolute atomic E-state index is 12.6. The number of hydrogen-bond acceptors (Lipinski definition) is 2. The van der Waals surface area contributed by atoms with E-state index in [1.807, 2.05) is 13.8 Å². The highest BCUT2D eigenvalue weighted by Gasteiger charge is 2.13. The number of rotatable bonds is 2. The predicted molar refractivity (Wildman–Crippen MR) is 55.4 cm³/mol. The topological polar surface area (TPSA) is 34.1 Å². The Bertz CT molecular complexity index is 393. The van der Waals surface area contributed by atoms with Crippen molar-refractivity contribution >= 4 is 9.84 Å². The van der Waals surface area contributed by atoms with Crippen molar-refractivity contribution in [1.82, 2.24) is 0 Å². The van der Waals surface area contributed by atoms with E-state index in [1.54, 1.807) is 0 Å². The van der Waals surface area contributed by atoms with Crippen LogP contribution in [0.15, 0.2) is 23.1 Å². The van der Waals surface area contributed by atoms with Gasteiger partial charge in [-0.15, -0.1) is 0 Å². The van der Waals surface area contributed by atoms with Crippen molar-refractivity contribution in [1.29, 1.82) is 0 Å². The molecular weight excluding hydrogens is 222 g/mol. The first-order valence-corrected chi connectivity index (χ1v) is 6.30. The van der Waals surface area contributed by atoms with Crippen molar-refractivity contribution in [2.24, 2.45) is 0 Å². The lowest BCUT2D eigenvalue weighted by Crippen LogP contribution is -2.04. The molecule has 1 aromatic rings. The summed E-state index contributed by atoms with van der Waals surface area (Å²) in [5.74, 6) is -1.94. The van der Waals surface area contributed by atoms with Crippen molar-refractivity contribution in [2.45, 2.75) is 25.7 Å². The highest BCUT2D eigenvalue weighted by atomic mass is 32.2. The summed E-state index contributed by atoms with van der Waals surface area (Å²) in [7, 11) is -3.52. The van der Waals surface area contributed by atoms with Crippen molar-refractivity contribution in [3.8, 4) is 0 Å². The summed E-state index contributed by atoms with van der Waals surface area (Å²) >= 11 is 0. The zero-order valence-electron chi connectivity index (χ0n) is 8.92. The fourth-order valence-corrected chi connectivity index (χ4v) is 1.79. The Kier molecular flexibility index (Phi) is 5.43. The minimum absolute atomic E-state index is 0.171. The van der Waals surface area contributed by atoms with Gasteiger partial charge in [-0.2, -0.15) is 0 Å². The van der Waals surface area contributed by atoms with Gasteiger partial charge >= 0.3 is 0 Å². The number of sulfone groups is 1. The molecule has 1 rings (SSSR count). The first-order valence-electron chi connectivity index (χ1n) is 4.64. The first kappa shape index (κ1) is 14.0. The zero-order chi connectivity index (χ0) is 12.1. The van der Waals surface area contributed by atoms with Gasteiger partial charge in [0.1, 0.15) is 11.6 Å². The van der Waals surface area contributed by atoms with Crippen LogP contribution in [0.25, 0.3) is 0 Å². The van der Waals surface area contributed by atoms with E-state index in [-0.39, 0.29) is 10.6 Å². The van der Waals surface area contributed by atoms with Crippen LogP contribution in [0.5, 0.6) is 0 Å². The standard InChI is InChI=1S/C8H8F2O2S.C2H6/c1-2-13(11,12)8-4-6(9)3-7(10)5-8;1-2/h3-5H,2H2,1H3;1-2H3. The van der Waals surface area contributed by atoms with Crippen LogP contribution < -0.4 is 0 Å². The molecule has 0 aliphatic heterocycles. The third kappa shape index (κ3) is 3.95. The highest BCUT2D eigenvalue weighted by molar-refractivity contribution is 7.91. The largest absolute Gasteiger partial charge is 0.224 e. The van der Waals surface area contributed by atoms with Gasteiger partial charge in [0.15, 0.2) is 9.84 Å². The van der Waals surface area contributed by atoms with Gasteiger partial charge in [0.2, 0.25) is 0 Å². The summed E-state index contributed by atoms with van der Waals surface area (Å²) < 4.78 is 47.5. The minimum atomic E-state index is -3.52. The van der Waals surface area contributed by atoms with Crippen LogP contribution in [0.3, 0.4) is 0 Å². The van der Waals surface area contributed by atoms with Crippen LogP contribution >= 0.6 is 0 Å². The molecule has 0 heterocycles. The van der Waals surface area contributed by atoms with Crippen LogP contribution in [0.1, 0.15) is 20.8 Å². The highest BCUT2D eigenvalue weighted by Crippen LogP contribution is 2.14. The van der Waals surface area contributed by atoms with Gasteiger partial charge in [-0.05, 0) is 12.1 Å². The van der Waals surface area contributed by atoms with Gasteiger partial charge < -0.3 is 0 Å². The summed E-state index contributed by atoms with van der Waals surface area (Å²) in [6.07, 6.45) is 0. The van der Waals surface area contributed by atoms with Gasteiger partial charge in [0, 0.05) is 6.07 Å². The molecule has 1 aromatic carbocycles. The molecule has 0 saturated carbocycles. The molecular formula is C10H14F2O2S. The van der Waals surface area contributed by atoms with Crippen molar-refractivity contribution in [3.05, 3.63) is 29.8 Å².